The largest absolute Gasteiger partial charge is 0.337 e. The maximum Gasteiger partial charge on any atom is 0.274 e. The zero-order valence-electron chi connectivity index (χ0n) is 15.6. The normalized spacial score (nSPS) is 20.5. The van der Waals surface area contributed by atoms with E-state index in [2.05, 4.69) is 7.05 Å². The van der Waals surface area contributed by atoms with Gasteiger partial charge in [0.25, 0.3) is 5.56 Å². The summed E-state index contributed by atoms with van der Waals surface area (Å²) in [5.74, 6) is 0. The number of hydrogen-bond acceptors (Lipinski definition) is 2. The van der Waals surface area contributed by atoms with E-state index < -0.39 is 0 Å². The van der Waals surface area contributed by atoms with Crippen LogP contribution in [0.4, 0.5) is 0 Å². The molecule has 2 heterocycles. The lowest BCUT2D eigenvalue weighted by Gasteiger charge is -2.18. The van der Waals surface area contributed by atoms with Gasteiger partial charge in [0.2, 0.25) is 0 Å². The van der Waals surface area contributed by atoms with Crippen LogP contribution in [0.5, 0.6) is 0 Å². The minimum absolute atomic E-state index is 0.0370. The molecule has 27 heavy (non-hydrogen) atoms. The van der Waals surface area contributed by atoms with Gasteiger partial charge in [0.15, 0.2) is 0 Å². The lowest BCUT2D eigenvalue weighted by atomic mass is 10.0. The number of hydrogen-bond donors (Lipinski definition) is 1. The van der Waals surface area contributed by atoms with Crippen molar-refractivity contribution in [3.63, 3.8) is 0 Å². The van der Waals surface area contributed by atoms with E-state index in [9.17, 15) is 4.79 Å². The molecule has 3 aromatic rings. The molecule has 2 atom stereocenters. The number of nitrogens with one attached hydrogen (secondary N) is 1. The zero-order valence-corrected chi connectivity index (χ0v) is 16.4. The molecule has 0 aliphatic carbocycles. The Kier molecular flexibility index (Phi) is 5.28. The van der Waals surface area contributed by atoms with Crippen molar-refractivity contribution < 1.29 is 4.90 Å². The van der Waals surface area contributed by atoms with E-state index in [0.717, 1.165) is 59.4 Å². The Balaban J connectivity index is 1.79. The van der Waals surface area contributed by atoms with Gasteiger partial charge in [-0.15, -0.1) is 0 Å². The van der Waals surface area contributed by atoms with Gasteiger partial charge in [-0.2, -0.15) is 5.10 Å². The lowest BCUT2D eigenvalue weighted by molar-refractivity contribution is -0.878. The van der Waals surface area contributed by atoms with Crippen LogP contribution in [0.15, 0.2) is 53.3 Å². The average molecular weight is 383 g/mol. The fourth-order valence-electron chi connectivity index (χ4n) is 4.01. The minimum atomic E-state index is 0.0370. The Morgan fingerprint density at radius 1 is 1.07 bits per heavy atom. The van der Waals surface area contributed by atoms with Crippen LogP contribution in [0.2, 0.25) is 5.02 Å². The molecule has 1 aliphatic rings. The van der Waals surface area contributed by atoms with Crippen molar-refractivity contribution in [2.24, 2.45) is 0 Å². The molecule has 4 nitrogen and oxygen atoms in total. The van der Waals surface area contributed by atoms with Crippen molar-refractivity contribution in [2.75, 3.05) is 20.1 Å². The van der Waals surface area contributed by atoms with Crippen molar-refractivity contribution in [2.45, 2.75) is 31.7 Å². The van der Waals surface area contributed by atoms with Gasteiger partial charge in [-0.25, -0.2) is 4.68 Å². The van der Waals surface area contributed by atoms with E-state index in [1.165, 1.54) is 4.90 Å². The summed E-state index contributed by atoms with van der Waals surface area (Å²) in [7, 11) is 2.23. The molecule has 0 bridgehead atoms. The molecule has 1 saturated heterocycles. The van der Waals surface area contributed by atoms with Crippen LogP contribution in [0.1, 0.15) is 36.6 Å². The number of quaternary nitrogens is 1. The predicted molar refractivity (Wildman–Crippen MR) is 110 cm³/mol. The summed E-state index contributed by atoms with van der Waals surface area (Å²) >= 11 is 6.02. The summed E-state index contributed by atoms with van der Waals surface area (Å²) < 4.78 is 1.77. The Bertz CT molecular complexity index is 997. The molecule has 1 N–H and O–H groups in total. The van der Waals surface area contributed by atoms with Crippen LogP contribution < -0.4 is 10.5 Å². The van der Waals surface area contributed by atoms with Gasteiger partial charge in [-0.1, -0.05) is 41.9 Å². The van der Waals surface area contributed by atoms with Crippen molar-refractivity contribution in [1.82, 2.24) is 9.78 Å². The third-order valence-corrected chi connectivity index (χ3v) is 5.83. The molecule has 5 heteroatoms. The molecule has 1 aromatic heterocycles. The number of aromatic nitrogens is 2. The second-order valence-electron chi connectivity index (χ2n) is 7.59. The first-order chi connectivity index (χ1) is 13.1. The number of rotatable bonds is 3. The van der Waals surface area contributed by atoms with E-state index in [4.69, 9.17) is 16.7 Å². The van der Waals surface area contributed by atoms with Crippen LogP contribution in [0, 0.1) is 0 Å². The van der Waals surface area contributed by atoms with Crippen LogP contribution in [-0.2, 0) is 6.42 Å². The molecule has 1 fully saturated rings. The maximum absolute atomic E-state index is 13.1. The van der Waals surface area contributed by atoms with Crippen molar-refractivity contribution in [1.29, 1.82) is 0 Å². The molecule has 0 amide bonds. The summed E-state index contributed by atoms with van der Waals surface area (Å²) in [5.41, 5.74) is 2.14. The number of fused-ring (bicyclic) bond motifs is 1. The van der Waals surface area contributed by atoms with Crippen LogP contribution in [0.3, 0.4) is 0 Å². The SMILES string of the molecule is C[NH+]1CCC[C@@H](n2nc(Cc3ccc(Cl)cc3)c3ccccc3c2=O)CC1. The third-order valence-electron chi connectivity index (χ3n) is 5.58. The monoisotopic (exact) mass is 382 g/mol. The van der Waals surface area contributed by atoms with E-state index >= 15 is 0 Å². The third kappa shape index (κ3) is 3.92. The molecule has 1 unspecified atom stereocenters. The molecular formula is C22H25ClN3O+. The summed E-state index contributed by atoms with van der Waals surface area (Å²) in [6.45, 7) is 2.24. The topological polar surface area (TPSA) is 39.3 Å². The Morgan fingerprint density at radius 3 is 2.59 bits per heavy atom. The number of halogens is 1. The fraction of sp³-hybridized carbons (Fsp3) is 0.364. The van der Waals surface area contributed by atoms with Gasteiger partial charge in [0.05, 0.1) is 37.3 Å². The lowest BCUT2D eigenvalue weighted by Crippen LogP contribution is -3.08. The van der Waals surface area contributed by atoms with Crippen molar-refractivity contribution in [3.8, 4) is 0 Å². The molecular weight excluding hydrogens is 358 g/mol. The highest BCUT2D eigenvalue weighted by atomic mass is 35.5. The van der Waals surface area contributed by atoms with Crippen molar-refractivity contribution in [3.05, 3.63) is 75.2 Å². The first-order valence-corrected chi connectivity index (χ1v) is 10.1. The molecule has 0 saturated carbocycles. The fourth-order valence-corrected chi connectivity index (χ4v) is 4.14. The first kappa shape index (κ1) is 18.2. The highest BCUT2D eigenvalue weighted by Gasteiger charge is 2.22. The Hall–Kier alpha value is -2.17. The highest BCUT2D eigenvalue weighted by molar-refractivity contribution is 6.30. The van der Waals surface area contributed by atoms with Gasteiger partial charge in [-0.05, 0) is 36.6 Å². The molecule has 2 aromatic carbocycles. The summed E-state index contributed by atoms with van der Waals surface area (Å²) in [6, 6.07) is 15.9. The van der Waals surface area contributed by atoms with Gasteiger partial charge in [0, 0.05) is 23.3 Å². The quantitative estimate of drug-likeness (QED) is 0.756. The zero-order chi connectivity index (χ0) is 18.8. The Morgan fingerprint density at radius 2 is 1.81 bits per heavy atom. The number of likely N-dealkylation sites (tertiary alicyclic amines) is 1. The predicted octanol–water partition coefficient (Wildman–Crippen LogP) is 2.88. The van der Waals surface area contributed by atoms with Gasteiger partial charge < -0.3 is 4.90 Å². The van der Waals surface area contributed by atoms with E-state index in [-0.39, 0.29) is 11.6 Å². The van der Waals surface area contributed by atoms with E-state index in [1.54, 1.807) is 4.68 Å². The molecule has 140 valence electrons. The second kappa shape index (κ2) is 7.83. The Labute approximate surface area is 164 Å². The molecule has 0 spiro atoms. The van der Waals surface area contributed by atoms with Crippen LogP contribution in [-0.4, -0.2) is 29.9 Å². The van der Waals surface area contributed by atoms with Crippen LogP contribution in [0.25, 0.3) is 10.8 Å². The van der Waals surface area contributed by atoms with Gasteiger partial charge in [0.1, 0.15) is 0 Å². The first-order valence-electron chi connectivity index (χ1n) is 9.68. The molecule has 0 radical (unpaired) electrons. The smallest absolute Gasteiger partial charge is 0.274 e. The van der Waals surface area contributed by atoms with E-state index in [0.29, 0.717) is 6.42 Å². The summed E-state index contributed by atoms with van der Waals surface area (Å²) in [6.07, 6.45) is 3.83. The summed E-state index contributed by atoms with van der Waals surface area (Å²) in [4.78, 5) is 14.7. The summed E-state index contributed by atoms with van der Waals surface area (Å²) in [5, 5.41) is 7.31. The van der Waals surface area contributed by atoms with Gasteiger partial charge in [-0.3, -0.25) is 4.79 Å². The average Bonchev–Trinajstić information content (AvgIpc) is 2.90. The highest BCUT2D eigenvalue weighted by Crippen LogP contribution is 2.22. The molecule has 1 aliphatic heterocycles. The van der Waals surface area contributed by atoms with Crippen molar-refractivity contribution >= 4 is 22.4 Å². The van der Waals surface area contributed by atoms with Crippen LogP contribution >= 0.6 is 11.6 Å². The number of benzene rings is 2. The second-order valence-corrected chi connectivity index (χ2v) is 8.02. The minimum Gasteiger partial charge on any atom is -0.337 e. The van der Waals surface area contributed by atoms with Gasteiger partial charge >= 0.3 is 0 Å². The van der Waals surface area contributed by atoms with E-state index in [1.807, 2.05) is 48.5 Å². The maximum atomic E-state index is 13.1. The standard InChI is InChI=1S/C22H24ClN3O/c1-25-13-4-5-18(12-14-25)26-22(27)20-7-3-2-6-19(20)21(24-26)15-16-8-10-17(23)11-9-16/h2-3,6-11,18H,4-5,12-15H2,1H3/p+1/t18-/m1/s1. The molecule has 4 rings (SSSR count). The number of nitrogens with zero attached hydrogens (tertiary/aromatic N) is 2.